The summed E-state index contributed by atoms with van der Waals surface area (Å²) in [6.45, 7) is 0. The van der Waals surface area contributed by atoms with Crippen LogP contribution >= 0.6 is 12.0 Å². The summed E-state index contributed by atoms with van der Waals surface area (Å²) in [5, 5.41) is 12.6. The molecular formula is C11H11NO7S3. The van der Waals surface area contributed by atoms with Crippen molar-refractivity contribution < 1.29 is 31.8 Å². The fraction of sp³-hybridized carbons (Fsp3) is 0.0909. The maximum Gasteiger partial charge on any atom is 0.229 e. The Balaban J connectivity index is 2.61. The molecule has 0 heterocycles. The Morgan fingerprint density at radius 3 is 2.55 bits per heavy atom. The number of sulfonamides is 1. The standard InChI is InChI=1S/C11H11NO7S3/c1-22(16,17)12-7-2-3-8-9(6-7)10(20-19-18-13)4-5-11(8)21(14)15/h2-6,12-13H,1H3,(H,14,15). The van der Waals surface area contributed by atoms with Crippen molar-refractivity contribution in [1.29, 1.82) is 0 Å². The van der Waals surface area contributed by atoms with Crippen LogP contribution in [-0.4, -0.2) is 28.7 Å². The third-order valence-corrected chi connectivity index (χ3v) is 4.59. The Labute approximate surface area is 132 Å². The quantitative estimate of drug-likeness (QED) is 0.308. The zero-order chi connectivity index (χ0) is 16.3. The van der Waals surface area contributed by atoms with E-state index in [9.17, 15) is 17.2 Å². The fourth-order valence-corrected chi connectivity index (χ4v) is 3.44. The van der Waals surface area contributed by atoms with Gasteiger partial charge in [-0.3, -0.25) is 4.72 Å². The molecule has 0 saturated carbocycles. The SMILES string of the molecule is CS(=O)(=O)Nc1ccc2c(S(=O)O)ccc(SOOO)c2c1. The molecule has 2 aromatic carbocycles. The predicted octanol–water partition coefficient (Wildman–Crippen LogP) is 2.22. The number of fused-ring (bicyclic) bond motifs is 1. The van der Waals surface area contributed by atoms with Crippen LogP contribution in [-0.2, 0) is 30.5 Å². The summed E-state index contributed by atoms with van der Waals surface area (Å²) < 4.78 is 49.9. The normalized spacial score (nSPS) is 13.2. The first-order valence-electron chi connectivity index (χ1n) is 5.62. The number of hydrogen-bond acceptors (Lipinski definition) is 7. The first-order valence-corrected chi connectivity index (χ1v) is 9.36. The fourth-order valence-electron chi connectivity index (χ4n) is 1.85. The van der Waals surface area contributed by atoms with Crippen molar-refractivity contribution in [2.24, 2.45) is 0 Å². The molecule has 3 N–H and O–H groups in total. The van der Waals surface area contributed by atoms with E-state index < -0.39 is 21.1 Å². The molecule has 0 aromatic heterocycles. The van der Waals surface area contributed by atoms with E-state index in [-0.39, 0.29) is 10.6 Å². The summed E-state index contributed by atoms with van der Waals surface area (Å²) >= 11 is -1.55. The molecule has 1 unspecified atom stereocenters. The van der Waals surface area contributed by atoms with E-state index in [0.717, 1.165) is 6.26 Å². The molecule has 0 radical (unpaired) electrons. The minimum Gasteiger partial charge on any atom is -0.302 e. The Morgan fingerprint density at radius 1 is 1.23 bits per heavy atom. The van der Waals surface area contributed by atoms with Gasteiger partial charge in [0.05, 0.1) is 23.2 Å². The van der Waals surface area contributed by atoms with Gasteiger partial charge in [0.25, 0.3) is 0 Å². The molecule has 1 atom stereocenters. The van der Waals surface area contributed by atoms with Gasteiger partial charge < -0.3 is 4.55 Å². The minimum absolute atomic E-state index is 0.162. The van der Waals surface area contributed by atoms with Crippen LogP contribution in [0.5, 0.6) is 0 Å². The van der Waals surface area contributed by atoms with Crippen molar-refractivity contribution in [3.8, 4) is 0 Å². The molecular weight excluding hydrogens is 354 g/mol. The first-order chi connectivity index (χ1) is 10.3. The zero-order valence-electron chi connectivity index (χ0n) is 11.0. The highest BCUT2D eigenvalue weighted by Crippen LogP contribution is 2.34. The van der Waals surface area contributed by atoms with Crippen molar-refractivity contribution in [2.45, 2.75) is 9.79 Å². The Kier molecular flexibility index (Phi) is 5.39. The molecule has 11 heteroatoms. The van der Waals surface area contributed by atoms with Crippen LogP contribution in [0.25, 0.3) is 10.8 Å². The van der Waals surface area contributed by atoms with Crippen LogP contribution in [0.1, 0.15) is 0 Å². The molecule has 0 fully saturated rings. The maximum atomic E-state index is 11.4. The molecule has 0 amide bonds. The van der Waals surface area contributed by atoms with Gasteiger partial charge in [-0.15, -0.1) is 4.33 Å². The van der Waals surface area contributed by atoms with Crippen LogP contribution in [0.4, 0.5) is 5.69 Å². The number of anilines is 1. The molecule has 0 bridgehead atoms. The summed E-state index contributed by atoms with van der Waals surface area (Å²) in [6, 6.07) is 7.37. The van der Waals surface area contributed by atoms with E-state index in [1.807, 2.05) is 0 Å². The lowest BCUT2D eigenvalue weighted by Gasteiger charge is -2.10. The van der Waals surface area contributed by atoms with E-state index in [1.54, 1.807) is 0 Å². The third kappa shape index (κ3) is 4.16. The van der Waals surface area contributed by atoms with Crippen molar-refractivity contribution in [2.75, 3.05) is 11.0 Å². The maximum absolute atomic E-state index is 11.4. The minimum atomic E-state index is -3.46. The molecule has 0 aliphatic rings. The third-order valence-electron chi connectivity index (χ3n) is 2.58. The molecule has 8 nitrogen and oxygen atoms in total. The van der Waals surface area contributed by atoms with Crippen LogP contribution in [0, 0.1) is 0 Å². The number of nitrogens with one attached hydrogen (secondary N) is 1. The Hall–Kier alpha value is -1.21. The summed E-state index contributed by atoms with van der Waals surface area (Å²) in [4.78, 5) is 0.616. The predicted molar refractivity (Wildman–Crippen MR) is 82.1 cm³/mol. The second-order valence-corrected chi connectivity index (χ2v) is 7.60. The first kappa shape index (κ1) is 17.1. The van der Waals surface area contributed by atoms with Crippen molar-refractivity contribution >= 4 is 49.6 Å². The zero-order valence-corrected chi connectivity index (χ0v) is 13.5. The van der Waals surface area contributed by atoms with Gasteiger partial charge in [-0.05, 0) is 24.3 Å². The Bertz CT molecular complexity index is 822. The summed E-state index contributed by atoms with van der Waals surface area (Å²) in [6.07, 6.45) is 1.01. The average Bonchev–Trinajstić information content (AvgIpc) is 2.42. The largest absolute Gasteiger partial charge is 0.302 e. The van der Waals surface area contributed by atoms with Gasteiger partial charge in [0.15, 0.2) is 11.1 Å². The van der Waals surface area contributed by atoms with E-state index in [4.69, 9.17) is 5.26 Å². The van der Waals surface area contributed by atoms with Crippen LogP contribution < -0.4 is 4.72 Å². The molecule has 22 heavy (non-hydrogen) atoms. The average molecular weight is 365 g/mol. The molecule has 0 aliphatic carbocycles. The lowest BCUT2D eigenvalue weighted by molar-refractivity contribution is -0.432. The van der Waals surface area contributed by atoms with Crippen molar-refractivity contribution in [3.05, 3.63) is 30.3 Å². The smallest absolute Gasteiger partial charge is 0.229 e. The Morgan fingerprint density at radius 2 is 1.95 bits per heavy atom. The van der Waals surface area contributed by atoms with Gasteiger partial charge in [0, 0.05) is 21.4 Å². The number of hydrogen-bond donors (Lipinski definition) is 3. The molecule has 0 spiro atoms. The van der Waals surface area contributed by atoms with E-state index in [1.165, 1.54) is 30.3 Å². The van der Waals surface area contributed by atoms with Gasteiger partial charge in [-0.25, -0.2) is 17.9 Å². The van der Waals surface area contributed by atoms with Gasteiger partial charge >= 0.3 is 0 Å². The lowest BCUT2D eigenvalue weighted by Crippen LogP contribution is -2.09. The van der Waals surface area contributed by atoms with Crippen LogP contribution in [0.2, 0.25) is 0 Å². The van der Waals surface area contributed by atoms with Gasteiger partial charge in [-0.2, -0.15) is 0 Å². The number of benzene rings is 2. The number of rotatable bonds is 6. The van der Waals surface area contributed by atoms with Gasteiger partial charge in [0.1, 0.15) is 0 Å². The topological polar surface area (TPSA) is 122 Å². The van der Waals surface area contributed by atoms with Crippen molar-refractivity contribution in [1.82, 2.24) is 0 Å². The van der Waals surface area contributed by atoms with E-state index in [0.29, 0.717) is 27.7 Å². The van der Waals surface area contributed by atoms with Crippen molar-refractivity contribution in [3.63, 3.8) is 0 Å². The van der Waals surface area contributed by atoms with Crippen LogP contribution in [0.15, 0.2) is 40.1 Å². The van der Waals surface area contributed by atoms with Crippen LogP contribution in [0.3, 0.4) is 0 Å². The van der Waals surface area contributed by atoms with E-state index in [2.05, 4.69) is 14.1 Å². The second-order valence-electron chi connectivity index (χ2n) is 4.17. The molecule has 120 valence electrons. The monoisotopic (exact) mass is 365 g/mol. The highest BCUT2D eigenvalue weighted by molar-refractivity contribution is 7.94. The molecule has 2 aromatic rings. The van der Waals surface area contributed by atoms with E-state index >= 15 is 0 Å². The summed E-state index contributed by atoms with van der Waals surface area (Å²) in [7, 11) is -3.46. The highest BCUT2D eigenvalue weighted by atomic mass is 32.2. The summed E-state index contributed by atoms with van der Waals surface area (Å²) in [5.41, 5.74) is 0.280. The lowest BCUT2D eigenvalue weighted by atomic mass is 10.1. The highest BCUT2D eigenvalue weighted by Gasteiger charge is 2.13. The molecule has 0 aliphatic heterocycles. The second kappa shape index (κ2) is 6.91. The summed E-state index contributed by atoms with van der Waals surface area (Å²) in [5.74, 6) is 0. The molecule has 0 saturated heterocycles. The van der Waals surface area contributed by atoms with Gasteiger partial charge in [0.2, 0.25) is 10.0 Å². The molecule has 2 rings (SSSR count). The van der Waals surface area contributed by atoms with Gasteiger partial charge in [-0.1, -0.05) is 11.1 Å².